The fourth-order valence-electron chi connectivity index (χ4n) is 1.74. The Balaban J connectivity index is 2.17. The zero-order valence-corrected chi connectivity index (χ0v) is 9.36. The van der Waals surface area contributed by atoms with Crippen LogP contribution in [0.25, 0.3) is 0 Å². The molecule has 1 aromatic heterocycles. The fraction of sp³-hybridized carbons (Fsp3) is 0.455. The standard InChI is InChI=1S/C11H16N4O/c1-12-9-4-2-5-10(14-9)15-7-3-6-13-11(16)8-15/h2,4-5H,3,6-8H2,1H3,(H,12,14)(H,13,16). The topological polar surface area (TPSA) is 57.3 Å². The van der Waals surface area contributed by atoms with Gasteiger partial charge in [-0.05, 0) is 18.6 Å². The summed E-state index contributed by atoms with van der Waals surface area (Å²) in [5.74, 6) is 1.74. The Morgan fingerprint density at radius 3 is 3.19 bits per heavy atom. The van der Waals surface area contributed by atoms with Crippen molar-refractivity contribution in [1.82, 2.24) is 10.3 Å². The molecule has 0 radical (unpaired) electrons. The Morgan fingerprint density at radius 2 is 2.38 bits per heavy atom. The van der Waals surface area contributed by atoms with E-state index in [9.17, 15) is 4.79 Å². The van der Waals surface area contributed by atoms with Crippen molar-refractivity contribution in [3.63, 3.8) is 0 Å². The lowest BCUT2D eigenvalue weighted by Gasteiger charge is -2.20. The summed E-state index contributed by atoms with van der Waals surface area (Å²) in [6.07, 6.45) is 0.956. The van der Waals surface area contributed by atoms with Gasteiger partial charge in [0, 0.05) is 20.1 Å². The monoisotopic (exact) mass is 220 g/mol. The molecule has 5 heteroatoms. The molecule has 1 aliphatic heterocycles. The van der Waals surface area contributed by atoms with E-state index < -0.39 is 0 Å². The van der Waals surface area contributed by atoms with Gasteiger partial charge in [-0.3, -0.25) is 4.79 Å². The number of carbonyl (C=O) groups is 1. The number of aromatic nitrogens is 1. The molecule has 1 aromatic rings. The summed E-state index contributed by atoms with van der Waals surface area (Å²) < 4.78 is 0. The van der Waals surface area contributed by atoms with Gasteiger partial charge >= 0.3 is 0 Å². The molecule has 0 saturated carbocycles. The number of hydrogen-bond donors (Lipinski definition) is 2. The van der Waals surface area contributed by atoms with Crippen LogP contribution in [-0.4, -0.2) is 37.6 Å². The first-order chi connectivity index (χ1) is 7.79. The van der Waals surface area contributed by atoms with E-state index in [-0.39, 0.29) is 5.91 Å². The van der Waals surface area contributed by atoms with Crippen LogP contribution in [0.3, 0.4) is 0 Å². The van der Waals surface area contributed by atoms with Crippen LogP contribution in [0.4, 0.5) is 11.6 Å². The Labute approximate surface area is 94.9 Å². The third-order valence-corrected chi connectivity index (χ3v) is 2.58. The Bertz CT molecular complexity index is 380. The number of anilines is 2. The van der Waals surface area contributed by atoms with Gasteiger partial charge < -0.3 is 15.5 Å². The van der Waals surface area contributed by atoms with E-state index in [2.05, 4.69) is 15.6 Å². The lowest BCUT2D eigenvalue weighted by atomic mass is 10.3. The molecule has 0 atom stereocenters. The molecule has 1 amide bonds. The smallest absolute Gasteiger partial charge is 0.239 e. The summed E-state index contributed by atoms with van der Waals surface area (Å²) in [5, 5.41) is 5.84. The van der Waals surface area contributed by atoms with Gasteiger partial charge in [0.1, 0.15) is 11.6 Å². The predicted molar refractivity (Wildman–Crippen MR) is 63.6 cm³/mol. The van der Waals surface area contributed by atoms with Crippen LogP contribution in [0.2, 0.25) is 0 Å². The predicted octanol–water partition coefficient (Wildman–Crippen LogP) is 0.450. The maximum absolute atomic E-state index is 11.4. The number of nitrogens with one attached hydrogen (secondary N) is 2. The minimum absolute atomic E-state index is 0.0640. The lowest BCUT2D eigenvalue weighted by Crippen LogP contribution is -2.33. The van der Waals surface area contributed by atoms with Crippen molar-refractivity contribution in [2.75, 3.05) is 36.9 Å². The van der Waals surface area contributed by atoms with Crippen molar-refractivity contribution in [2.45, 2.75) is 6.42 Å². The first kappa shape index (κ1) is 10.7. The van der Waals surface area contributed by atoms with Crippen LogP contribution in [0.15, 0.2) is 18.2 Å². The molecule has 86 valence electrons. The highest BCUT2D eigenvalue weighted by Gasteiger charge is 2.15. The van der Waals surface area contributed by atoms with Gasteiger partial charge in [-0.2, -0.15) is 0 Å². The summed E-state index contributed by atoms with van der Waals surface area (Å²) in [7, 11) is 1.83. The summed E-state index contributed by atoms with van der Waals surface area (Å²) in [6, 6.07) is 5.78. The van der Waals surface area contributed by atoms with E-state index >= 15 is 0 Å². The van der Waals surface area contributed by atoms with E-state index in [1.807, 2.05) is 30.1 Å². The van der Waals surface area contributed by atoms with Gasteiger partial charge in [0.25, 0.3) is 0 Å². The maximum Gasteiger partial charge on any atom is 0.239 e. The average molecular weight is 220 g/mol. The number of hydrogen-bond acceptors (Lipinski definition) is 4. The molecule has 1 saturated heterocycles. The van der Waals surface area contributed by atoms with Crippen LogP contribution in [0.1, 0.15) is 6.42 Å². The number of carbonyl (C=O) groups excluding carboxylic acids is 1. The highest BCUT2D eigenvalue weighted by molar-refractivity contribution is 5.81. The molecule has 2 rings (SSSR count). The summed E-state index contributed by atoms with van der Waals surface area (Å²) >= 11 is 0. The van der Waals surface area contributed by atoms with E-state index in [1.165, 1.54) is 0 Å². The molecule has 5 nitrogen and oxygen atoms in total. The van der Waals surface area contributed by atoms with Crippen molar-refractivity contribution >= 4 is 17.5 Å². The molecular formula is C11H16N4O. The third kappa shape index (κ3) is 2.42. The highest BCUT2D eigenvalue weighted by Crippen LogP contribution is 2.14. The summed E-state index contributed by atoms with van der Waals surface area (Å²) in [6.45, 7) is 2.00. The highest BCUT2D eigenvalue weighted by atomic mass is 16.2. The molecule has 16 heavy (non-hydrogen) atoms. The minimum Gasteiger partial charge on any atom is -0.373 e. The molecule has 0 aromatic carbocycles. The fourth-order valence-corrected chi connectivity index (χ4v) is 1.74. The Kier molecular flexibility index (Phi) is 3.24. The van der Waals surface area contributed by atoms with Crippen LogP contribution in [-0.2, 0) is 4.79 Å². The third-order valence-electron chi connectivity index (χ3n) is 2.58. The van der Waals surface area contributed by atoms with Crippen LogP contribution in [0.5, 0.6) is 0 Å². The molecule has 0 bridgehead atoms. The number of nitrogens with zero attached hydrogens (tertiary/aromatic N) is 2. The lowest BCUT2D eigenvalue weighted by molar-refractivity contribution is -0.119. The molecule has 0 aliphatic carbocycles. The van der Waals surface area contributed by atoms with Crippen molar-refractivity contribution in [3.8, 4) is 0 Å². The SMILES string of the molecule is CNc1cccc(N2CCCNC(=O)C2)n1. The second-order valence-electron chi connectivity index (χ2n) is 3.76. The Morgan fingerprint density at radius 1 is 1.50 bits per heavy atom. The van der Waals surface area contributed by atoms with E-state index in [1.54, 1.807) is 0 Å². The van der Waals surface area contributed by atoms with Crippen LogP contribution >= 0.6 is 0 Å². The normalized spacial score (nSPS) is 16.6. The van der Waals surface area contributed by atoms with Gasteiger partial charge in [-0.25, -0.2) is 4.98 Å². The molecule has 1 fully saturated rings. The molecule has 0 unspecified atom stereocenters. The van der Waals surface area contributed by atoms with Crippen molar-refractivity contribution in [3.05, 3.63) is 18.2 Å². The molecular weight excluding hydrogens is 204 g/mol. The number of rotatable bonds is 2. The van der Waals surface area contributed by atoms with Crippen molar-refractivity contribution < 1.29 is 4.79 Å². The maximum atomic E-state index is 11.4. The number of amides is 1. The van der Waals surface area contributed by atoms with Gasteiger partial charge in [-0.15, -0.1) is 0 Å². The summed E-state index contributed by atoms with van der Waals surface area (Å²) in [4.78, 5) is 17.9. The molecule has 2 heterocycles. The largest absolute Gasteiger partial charge is 0.373 e. The number of pyridine rings is 1. The van der Waals surface area contributed by atoms with Gasteiger partial charge in [0.05, 0.1) is 6.54 Å². The van der Waals surface area contributed by atoms with Crippen LogP contribution < -0.4 is 15.5 Å². The quantitative estimate of drug-likeness (QED) is 0.759. The van der Waals surface area contributed by atoms with Crippen molar-refractivity contribution in [2.24, 2.45) is 0 Å². The van der Waals surface area contributed by atoms with Gasteiger partial charge in [0.15, 0.2) is 0 Å². The molecule has 0 spiro atoms. The first-order valence-corrected chi connectivity index (χ1v) is 5.46. The minimum atomic E-state index is 0.0640. The summed E-state index contributed by atoms with van der Waals surface area (Å²) in [5.41, 5.74) is 0. The van der Waals surface area contributed by atoms with Crippen molar-refractivity contribution in [1.29, 1.82) is 0 Å². The Hall–Kier alpha value is -1.78. The zero-order chi connectivity index (χ0) is 11.4. The second kappa shape index (κ2) is 4.83. The average Bonchev–Trinajstić information content (AvgIpc) is 2.54. The van der Waals surface area contributed by atoms with Crippen LogP contribution in [0, 0.1) is 0 Å². The molecule has 1 aliphatic rings. The molecule has 2 N–H and O–H groups in total. The van der Waals surface area contributed by atoms with Gasteiger partial charge in [-0.1, -0.05) is 6.07 Å². The van der Waals surface area contributed by atoms with Gasteiger partial charge in [0.2, 0.25) is 5.91 Å². The van der Waals surface area contributed by atoms with E-state index in [4.69, 9.17) is 0 Å². The first-order valence-electron chi connectivity index (χ1n) is 5.46. The van der Waals surface area contributed by atoms with E-state index in [0.717, 1.165) is 31.1 Å². The zero-order valence-electron chi connectivity index (χ0n) is 9.36. The second-order valence-corrected chi connectivity index (χ2v) is 3.76. The van der Waals surface area contributed by atoms with E-state index in [0.29, 0.717) is 6.54 Å².